The Labute approximate surface area is 246 Å². The van der Waals surface area contributed by atoms with Crippen LogP contribution in [0.3, 0.4) is 0 Å². The molecular weight excluding hydrogens is 569 g/mol. The highest BCUT2D eigenvalue weighted by Crippen LogP contribution is 2.35. The van der Waals surface area contributed by atoms with Gasteiger partial charge in [0.25, 0.3) is 17.9 Å². The molecule has 42 heavy (non-hydrogen) atoms. The van der Waals surface area contributed by atoms with Crippen molar-refractivity contribution in [2.75, 3.05) is 7.11 Å². The molecule has 9 nitrogen and oxygen atoms in total. The summed E-state index contributed by atoms with van der Waals surface area (Å²) in [6.07, 6.45) is 2.92. The number of ether oxygens (including phenoxy) is 1. The van der Waals surface area contributed by atoms with E-state index in [9.17, 15) is 22.8 Å². The first-order chi connectivity index (χ1) is 20.3. The zero-order valence-electron chi connectivity index (χ0n) is 23.9. The van der Waals surface area contributed by atoms with Gasteiger partial charge in [-0.3, -0.25) is 19.1 Å². The maximum atomic E-state index is 14.0. The summed E-state index contributed by atoms with van der Waals surface area (Å²) in [5, 5.41) is 2.58. The Morgan fingerprint density at radius 1 is 1.12 bits per heavy atom. The molecule has 2 aliphatic rings. The lowest BCUT2D eigenvalue weighted by atomic mass is 10.00. The number of aromatic nitrogens is 3. The highest BCUT2D eigenvalue weighted by molar-refractivity contribution is 8.00. The minimum absolute atomic E-state index is 0.0119. The number of nitrogens with zero attached hydrogens (tertiary/aromatic N) is 3. The van der Waals surface area contributed by atoms with Gasteiger partial charge in [0, 0.05) is 29.4 Å². The molecule has 5 rings (SSSR count). The number of carbonyl (C=O) groups excluding carboxylic acids is 1. The van der Waals surface area contributed by atoms with Crippen molar-refractivity contribution in [1.82, 2.24) is 30.7 Å². The molecule has 0 aromatic carbocycles. The summed E-state index contributed by atoms with van der Waals surface area (Å²) in [5.74, 6) is 5.20. The third kappa shape index (κ3) is 7.90. The molecule has 3 aromatic heterocycles. The molecule has 1 amide bonds. The van der Waals surface area contributed by atoms with Crippen molar-refractivity contribution in [3.63, 3.8) is 0 Å². The number of nitrogens with one attached hydrogen (secondary N) is 3. The van der Waals surface area contributed by atoms with E-state index >= 15 is 0 Å². The predicted octanol–water partition coefficient (Wildman–Crippen LogP) is 5.03. The van der Waals surface area contributed by atoms with Crippen LogP contribution in [0.1, 0.15) is 63.0 Å². The number of hydrogen-bond acceptors (Lipinski definition) is 8. The van der Waals surface area contributed by atoms with Gasteiger partial charge in [-0.1, -0.05) is 51.3 Å². The molecule has 0 spiro atoms. The maximum Gasteiger partial charge on any atom is 0.292 e. The molecule has 4 heterocycles. The van der Waals surface area contributed by atoms with E-state index in [0.717, 1.165) is 35.7 Å². The Morgan fingerprint density at radius 3 is 2.52 bits per heavy atom. The Hall–Kier alpha value is -3.86. The van der Waals surface area contributed by atoms with Crippen LogP contribution in [0.4, 0.5) is 13.2 Å². The van der Waals surface area contributed by atoms with E-state index in [2.05, 4.69) is 38.0 Å². The average molecular weight is 603 g/mol. The molecule has 3 N–H and O–H groups in total. The van der Waals surface area contributed by atoms with E-state index in [4.69, 9.17) is 4.74 Å². The molecule has 1 saturated carbocycles. The van der Waals surface area contributed by atoms with Gasteiger partial charge in [-0.25, -0.2) is 29.0 Å². The smallest absolute Gasteiger partial charge is 0.292 e. The van der Waals surface area contributed by atoms with E-state index in [-0.39, 0.29) is 33.6 Å². The van der Waals surface area contributed by atoms with Crippen LogP contribution in [-0.4, -0.2) is 38.4 Å². The second-order valence-corrected chi connectivity index (χ2v) is 9.67. The van der Waals surface area contributed by atoms with E-state index < -0.39 is 34.9 Å². The quantitative estimate of drug-likeness (QED) is 0.338. The Balaban J connectivity index is 0.00000116. The minimum Gasteiger partial charge on any atom is -0.494 e. The first-order valence-electron chi connectivity index (χ1n) is 13.5. The topological polar surface area (TPSA) is 110 Å². The molecular formula is C29H33F3N6O3S. The predicted molar refractivity (Wildman–Crippen MR) is 157 cm³/mol. The molecule has 2 fully saturated rings. The summed E-state index contributed by atoms with van der Waals surface area (Å²) in [7, 11) is 1.33. The maximum absolute atomic E-state index is 14.0. The largest absolute Gasteiger partial charge is 0.494 e. The fraction of sp³-hybridized carbons (Fsp3) is 0.379. The number of carbonyl (C=O) groups is 1. The van der Waals surface area contributed by atoms with E-state index in [1.54, 1.807) is 0 Å². The van der Waals surface area contributed by atoms with Gasteiger partial charge in [-0.05, 0) is 37.1 Å². The van der Waals surface area contributed by atoms with Crippen molar-refractivity contribution in [1.29, 1.82) is 0 Å². The summed E-state index contributed by atoms with van der Waals surface area (Å²) in [6.45, 7) is 8.00. The zero-order chi connectivity index (χ0) is 30.8. The van der Waals surface area contributed by atoms with Gasteiger partial charge in [0.05, 0.1) is 18.9 Å². The van der Waals surface area contributed by atoms with Crippen molar-refractivity contribution >= 4 is 17.7 Å². The zero-order valence-corrected chi connectivity index (χ0v) is 24.7. The van der Waals surface area contributed by atoms with Gasteiger partial charge in [-0.15, -0.1) is 0 Å². The van der Waals surface area contributed by atoms with Crippen LogP contribution >= 0.6 is 11.8 Å². The standard InChI is InChI=1S/C25H21F3N6O3S.2C2H6/c1-37-19-12-29-18(22(27)28)9-15(19)14-10-20(34-8-2-3-17(26)24(34)36)30-11-16(14)23(35)31-25-33-32-21(38-25)7-6-13-4-5-13;2*1-2/h2-3,8-13,21-22,25,32-33H,4-5H2,1H3,(H,31,35);2*1-2H3. The van der Waals surface area contributed by atoms with Gasteiger partial charge in [0.2, 0.25) is 0 Å². The van der Waals surface area contributed by atoms with Crippen molar-refractivity contribution in [2.24, 2.45) is 5.92 Å². The van der Waals surface area contributed by atoms with Gasteiger partial charge in [-0.2, -0.15) is 0 Å². The molecule has 0 bridgehead atoms. The van der Waals surface area contributed by atoms with Crippen LogP contribution in [0.25, 0.3) is 16.9 Å². The molecule has 2 unspecified atom stereocenters. The first-order valence-corrected chi connectivity index (χ1v) is 14.5. The lowest BCUT2D eigenvalue weighted by Gasteiger charge is -2.17. The molecule has 224 valence electrons. The fourth-order valence-electron chi connectivity index (χ4n) is 3.69. The number of hydrogen-bond donors (Lipinski definition) is 3. The van der Waals surface area contributed by atoms with Crippen molar-refractivity contribution in [3.8, 4) is 34.5 Å². The minimum atomic E-state index is -2.89. The first kappa shape index (κ1) is 32.7. The summed E-state index contributed by atoms with van der Waals surface area (Å²) in [6, 6.07) is 4.76. The van der Waals surface area contributed by atoms with Crippen molar-refractivity contribution in [3.05, 3.63) is 70.3 Å². The van der Waals surface area contributed by atoms with E-state index in [0.29, 0.717) is 5.92 Å². The monoisotopic (exact) mass is 602 g/mol. The second kappa shape index (κ2) is 15.4. The number of halogens is 3. The van der Waals surface area contributed by atoms with Crippen molar-refractivity contribution < 1.29 is 22.7 Å². The van der Waals surface area contributed by atoms with Crippen LogP contribution < -0.4 is 26.5 Å². The highest BCUT2D eigenvalue weighted by Gasteiger charge is 2.28. The number of rotatable bonds is 6. The van der Waals surface area contributed by atoms with Crippen molar-refractivity contribution in [2.45, 2.75) is 57.8 Å². The molecule has 2 atom stereocenters. The number of hydrazine groups is 1. The van der Waals surface area contributed by atoms with E-state index in [1.807, 2.05) is 27.7 Å². The fourth-order valence-corrected chi connectivity index (χ4v) is 4.55. The average Bonchev–Trinajstić information content (AvgIpc) is 3.75. The summed E-state index contributed by atoms with van der Waals surface area (Å²) in [4.78, 5) is 33.6. The van der Waals surface area contributed by atoms with Crippen LogP contribution in [0.2, 0.25) is 0 Å². The van der Waals surface area contributed by atoms with Gasteiger partial charge < -0.3 is 10.1 Å². The Kier molecular flexibility index (Phi) is 12.0. The molecule has 3 aromatic rings. The van der Waals surface area contributed by atoms with Gasteiger partial charge in [0.1, 0.15) is 28.1 Å². The lowest BCUT2D eigenvalue weighted by Crippen LogP contribution is -2.43. The second-order valence-electron chi connectivity index (χ2n) is 8.45. The summed E-state index contributed by atoms with van der Waals surface area (Å²) in [5.41, 5.74) is 4.16. The highest BCUT2D eigenvalue weighted by atomic mass is 32.2. The normalized spacial score (nSPS) is 17.2. The summed E-state index contributed by atoms with van der Waals surface area (Å²) >= 11 is 1.35. The van der Waals surface area contributed by atoms with Crippen LogP contribution in [0, 0.1) is 23.6 Å². The molecule has 13 heteroatoms. The number of methoxy groups -OCH3 is 1. The third-order valence-electron chi connectivity index (χ3n) is 5.78. The molecule has 1 saturated heterocycles. The third-order valence-corrected chi connectivity index (χ3v) is 6.80. The van der Waals surface area contributed by atoms with Crippen LogP contribution in [0.5, 0.6) is 5.75 Å². The van der Waals surface area contributed by atoms with Crippen LogP contribution in [-0.2, 0) is 0 Å². The van der Waals surface area contributed by atoms with Gasteiger partial charge in [0.15, 0.2) is 5.82 Å². The lowest BCUT2D eigenvalue weighted by molar-refractivity contribution is 0.0945. The Morgan fingerprint density at radius 2 is 1.86 bits per heavy atom. The van der Waals surface area contributed by atoms with Gasteiger partial charge >= 0.3 is 0 Å². The van der Waals surface area contributed by atoms with Crippen LogP contribution in [0.15, 0.2) is 47.7 Å². The molecule has 1 aliphatic heterocycles. The molecule has 1 aliphatic carbocycles. The number of alkyl halides is 2. The SMILES string of the molecule is CC.CC.COc1cnc(C(F)F)cc1-c1cc(-n2cccc(F)c2=O)ncc1C(=O)NC1NNC(C#CC2CC2)S1. The number of thioether (sulfide) groups is 1. The molecule has 0 radical (unpaired) electrons. The van der Waals surface area contributed by atoms with E-state index in [1.165, 1.54) is 43.4 Å². The summed E-state index contributed by atoms with van der Waals surface area (Å²) < 4.78 is 47.3. The Bertz CT molecular complexity index is 1500. The number of amides is 1. The number of pyridine rings is 3.